The van der Waals surface area contributed by atoms with Gasteiger partial charge in [-0.05, 0) is 23.3 Å². The number of halogens is 3. The van der Waals surface area contributed by atoms with Gasteiger partial charge in [-0.25, -0.2) is 0 Å². The summed E-state index contributed by atoms with van der Waals surface area (Å²) in [4.78, 5) is 0. The van der Waals surface area contributed by atoms with Crippen LogP contribution >= 0.6 is 35.0 Å². The molecule has 0 fully saturated rings. The molecule has 1 heterocycles. The molecular formula is C17H16Cl3N3OS. The zero-order chi connectivity index (χ0) is 16.9. The third kappa shape index (κ3) is 5.62. The van der Waals surface area contributed by atoms with Crippen LogP contribution in [0.3, 0.4) is 0 Å². The Labute approximate surface area is 166 Å². The van der Waals surface area contributed by atoms with E-state index in [1.54, 1.807) is 6.07 Å². The quantitative estimate of drug-likeness (QED) is 0.613. The first-order chi connectivity index (χ1) is 11.6. The second-order valence-corrected chi connectivity index (χ2v) is 7.07. The van der Waals surface area contributed by atoms with Crippen LogP contribution in [0.4, 0.5) is 0 Å². The van der Waals surface area contributed by atoms with Gasteiger partial charge in [0.25, 0.3) is 11.1 Å². The fourth-order valence-corrected chi connectivity index (χ4v) is 3.24. The van der Waals surface area contributed by atoms with Crippen LogP contribution in [0.2, 0.25) is 10.0 Å². The van der Waals surface area contributed by atoms with Crippen LogP contribution in [0.15, 0.2) is 58.2 Å². The number of thioether (sulfide) groups is 1. The summed E-state index contributed by atoms with van der Waals surface area (Å²) in [6.45, 7) is 0. The molecule has 0 radical (unpaired) electrons. The minimum absolute atomic E-state index is 0. The van der Waals surface area contributed by atoms with E-state index in [1.807, 2.05) is 30.3 Å². The maximum Gasteiger partial charge on any atom is 0.277 e. The van der Waals surface area contributed by atoms with E-state index in [4.69, 9.17) is 27.6 Å². The van der Waals surface area contributed by atoms with Gasteiger partial charge in [-0.15, -0.1) is 10.2 Å². The van der Waals surface area contributed by atoms with E-state index in [9.17, 15) is 0 Å². The first-order valence-corrected chi connectivity index (χ1v) is 9.13. The molecule has 0 amide bonds. The van der Waals surface area contributed by atoms with Gasteiger partial charge in [-0.1, -0.05) is 71.4 Å². The molecule has 0 saturated carbocycles. The number of hydrogen-bond acceptors (Lipinski definition) is 4. The summed E-state index contributed by atoms with van der Waals surface area (Å²) < 4.78 is 5.71. The molecular weight excluding hydrogens is 401 g/mol. The molecule has 4 nitrogen and oxygen atoms in total. The van der Waals surface area contributed by atoms with Gasteiger partial charge in [0, 0.05) is 12.2 Å². The van der Waals surface area contributed by atoms with Crippen LogP contribution in [0.25, 0.3) is 0 Å². The summed E-state index contributed by atoms with van der Waals surface area (Å²) >= 11 is 13.4. The summed E-state index contributed by atoms with van der Waals surface area (Å²) in [5, 5.41) is 9.81. The van der Waals surface area contributed by atoms with Crippen molar-refractivity contribution in [2.75, 3.05) is 0 Å². The SMILES string of the molecule is [Cl-].[NH3+][C@@H](Cc1ccccc1)c1nnc(SCc2ccc(Cl)c(Cl)c2)o1. The molecule has 132 valence electrons. The predicted molar refractivity (Wildman–Crippen MR) is 96.1 cm³/mol. The Kier molecular flexibility index (Phi) is 7.59. The Morgan fingerprint density at radius 3 is 2.48 bits per heavy atom. The van der Waals surface area contributed by atoms with Crippen molar-refractivity contribution in [3.05, 3.63) is 75.6 Å². The zero-order valence-electron chi connectivity index (χ0n) is 13.2. The van der Waals surface area contributed by atoms with Crippen LogP contribution in [0.5, 0.6) is 0 Å². The van der Waals surface area contributed by atoms with E-state index in [0.717, 1.165) is 12.0 Å². The van der Waals surface area contributed by atoms with Crippen molar-refractivity contribution >= 4 is 35.0 Å². The third-order valence-electron chi connectivity index (χ3n) is 3.44. The van der Waals surface area contributed by atoms with Gasteiger partial charge in [0.1, 0.15) is 0 Å². The van der Waals surface area contributed by atoms with Gasteiger partial charge in [-0.2, -0.15) is 0 Å². The molecule has 2 aromatic carbocycles. The average Bonchev–Trinajstić information content (AvgIpc) is 3.06. The molecule has 3 aromatic rings. The summed E-state index contributed by atoms with van der Waals surface area (Å²) in [5.74, 6) is 1.23. The lowest BCUT2D eigenvalue weighted by Gasteiger charge is -2.03. The van der Waals surface area contributed by atoms with E-state index >= 15 is 0 Å². The highest BCUT2D eigenvalue weighted by Gasteiger charge is 2.18. The Morgan fingerprint density at radius 2 is 1.76 bits per heavy atom. The largest absolute Gasteiger partial charge is 1.00 e. The molecule has 0 spiro atoms. The van der Waals surface area contributed by atoms with Crippen LogP contribution < -0.4 is 18.1 Å². The van der Waals surface area contributed by atoms with Gasteiger partial charge in [0.15, 0.2) is 6.04 Å². The number of rotatable bonds is 6. The lowest BCUT2D eigenvalue weighted by Crippen LogP contribution is -3.00. The Morgan fingerprint density at radius 1 is 1.00 bits per heavy atom. The van der Waals surface area contributed by atoms with Crippen LogP contribution in [0, 0.1) is 0 Å². The second-order valence-electron chi connectivity index (χ2n) is 5.33. The molecule has 1 atom stereocenters. The summed E-state index contributed by atoms with van der Waals surface area (Å²) in [6.07, 6.45) is 0.764. The number of nitrogens with zero attached hydrogens (tertiary/aromatic N) is 2. The first-order valence-electron chi connectivity index (χ1n) is 7.39. The standard InChI is InChI=1S/C17H15Cl2N3OS.ClH/c18-13-7-6-12(8-14(13)19)10-24-17-22-21-16(23-17)15(20)9-11-4-2-1-3-5-11;/h1-8,15H,9-10,20H2;1H/t15-;/m0./s1. The average molecular weight is 417 g/mol. The normalized spacial score (nSPS) is 11.8. The Bertz CT molecular complexity index is 814. The molecule has 0 aliphatic carbocycles. The van der Waals surface area contributed by atoms with Crippen LogP contribution in [-0.2, 0) is 12.2 Å². The van der Waals surface area contributed by atoms with E-state index in [2.05, 4.69) is 28.1 Å². The smallest absolute Gasteiger partial charge is 0.277 e. The topological polar surface area (TPSA) is 66.6 Å². The minimum atomic E-state index is -0.0702. The van der Waals surface area contributed by atoms with E-state index < -0.39 is 0 Å². The summed E-state index contributed by atoms with van der Waals surface area (Å²) in [6, 6.07) is 15.6. The van der Waals surface area contributed by atoms with Crippen LogP contribution in [0.1, 0.15) is 23.1 Å². The van der Waals surface area contributed by atoms with Crippen molar-refractivity contribution in [3.63, 3.8) is 0 Å². The molecule has 8 heteroatoms. The fourth-order valence-electron chi connectivity index (χ4n) is 2.20. The minimum Gasteiger partial charge on any atom is -1.00 e. The van der Waals surface area contributed by atoms with E-state index in [0.29, 0.717) is 26.9 Å². The molecule has 0 unspecified atom stereocenters. The van der Waals surface area contributed by atoms with Gasteiger partial charge < -0.3 is 22.6 Å². The molecule has 0 bridgehead atoms. The van der Waals surface area contributed by atoms with Crippen molar-refractivity contribution in [2.45, 2.75) is 23.4 Å². The number of aromatic nitrogens is 2. The maximum absolute atomic E-state index is 6.02. The number of benzene rings is 2. The van der Waals surface area contributed by atoms with E-state index in [1.165, 1.54) is 17.3 Å². The van der Waals surface area contributed by atoms with Crippen molar-refractivity contribution in [2.24, 2.45) is 0 Å². The summed E-state index contributed by atoms with van der Waals surface area (Å²) in [5.41, 5.74) is 6.36. The number of hydrogen-bond donors (Lipinski definition) is 1. The van der Waals surface area contributed by atoms with Crippen molar-refractivity contribution in [1.29, 1.82) is 0 Å². The Hall–Kier alpha value is -1.24. The van der Waals surface area contributed by atoms with Gasteiger partial charge in [0.05, 0.1) is 10.0 Å². The lowest BCUT2D eigenvalue weighted by atomic mass is 10.1. The van der Waals surface area contributed by atoms with Gasteiger partial charge in [-0.3, -0.25) is 0 Å². The van der Waals surface area contributed by atoms with Crippen molar-refractivity contribution < 1.29 is 22.6 Å². The Balaban J connectivity index is 0.00000225. The highest BCUT2D eigenvalue weighted by Crippen LogP contribution is 2.27. The van der Waals surface area contributed by atoms with Crippen molar-refractivity contribution in [3.8, 4) is 0 Å². The molecule has 0 saturated heterocycles. The lowest BCUT2D eigenvalue weighted by molar-refractivity contribution is -0.431. The number of quaternary nitrogens is 1. The second kappa shape index (κ2) is 9.46. The highest BCUT2D eigenvalue weighted by molar-refractivity contribution is 7.98. The highest BCUT2D eigenvalue weighted by atomic mass is 35.5. The molecule has 25 heavy (non-hydrogen) atoms. The maximum atomic E-state index is 6.02. The predicted octanol–water partition coefficient (Wildman–Crippen LogP) is 1.20. The fraction of sp³-hybridized carbons (Fsp3) is 0.176. The third-order valence-corrected chi connectivity index (χ3v) is 5.07. The monoisotopic (exact) mass is 415 g/mol. The molecule has 3 rings (SSSR count). The molecule has 3 N–H and O–H groups in total. The molecule has 0 aliphatic heterocycles. The van der Waals surface area contributed by atoms with Crippen molar-refractivity contribution in [1.82, 2.24) is 10.2 Å². The summed E-state index contributed by atoms with van der Waals surface area (Å²) in [7, 11) is 0. The van der Waals surface area contributed by atoms with Crippen LogP contribution in [-0.4, -0.2) is 10.2 Å². The first kappa shape index (κ1) is 20.1. The van der Waals surface area contributed by atoms with E-state index in [-0.39, 0.29) is 18.4 Å². The molecule has 1 aromatic heterocycles. The van der Waals surface area contributed by atoms with Gasteiger partial charge in [0.2, 0.25) is 0 Å². The molecule has 0 aliphatic rings. The zero-order valence-corrected chi connectivity index (χ0v) is 16.2. The van der Waals surface area contributed by atoms with Gasteiger partial charge >= 0.3 is 0 Å².